The highest BCUT2D eigenvalue weighted by molar-refractivity contribution is 4.91. The van der Waals surface area contributed by atoms with Gasteiger partial charge in [-0.3, -0.25) is 4.90 Å². The lowest BCUT2D eigenvalue weighted by Gasteiger charge is -2.38. The van der Waals surface area contributed by atoms with Crippen LogP contribution in [0.5, 0.6) is 0 Å². The molecule has 2 rings (SSSR count). The minimum Gasteiger partial charge on any atom is -0.395 e. The molecule has 3 nitrogen and oxygen atoms in total. The molecule has 0 aromatic carbocycles. The van der Waals surface area contributed by atoms with Crippen molar-refractivity contribution >= 4 is 0 Å². The van der Waals surface area contributed by atoms with Crippen LogP contribution in [-0.4, -0.2) is 48.3 Å². The Morgan fingerprint density at radius 2 is 1.94 bits per heavy atom. The Kier molecular flexibility index (Phi) is 5.05. The van der Waals surface area contributed by atoms with Crippen LogP contribution in [0.3, 0.4) is 0 Å². The summed E-state index contributed by atoms with van der Waals surface area (Å²) in [6.07, 6.45) is 7.63. The van der Waals surface area contributed by atoms with Gasteiger partial charge in [-0.2, -0.15) is 0 Å². The molecule has 0 bridgehead atoms. The number of hydrogen-bond donors (Lipinski definition) is 2. The van der Waals surface area contributed by atoms with Crippen LogP contribution in [0.2, 0.25) is 0 Å². The maximum absolute atomic E-state index is 9.45. The normalized spacial score (nSPS) is 25.8. The predicted molar refractivity (Wildman–Crippen MR) is 75.7 cm³/mol. The van der Waals surface area contributed by atoms with Gasteiger partial charge in [-0.25, -0.2) is 0 Å². The molecule has 18 heavy (non-hydrogen) atoms. The summed E-state index contributed by atoms with van der Waals surface area (Å²) in [6.45, 7) is 8.46. The van der Waals surface area contributed by atoms with Crippen molar-refractivity contribution in [3.05, 3.63) is 0 Å². The number of nitrogens with one attached hydrogen (secondary N) is 1. The van der Waals surface area contributed by atoms with Crippen molar-refractivity contribution in [2.45, 2.75) is 64.5 Å². The summed E-state index contributed by atoms with van der Waals surface area (Å²) in [7, 11) is 0. The smallest absolute Gasteiger partial charge is 0.0586 e. The molecule has 1 aliphatic heterocycles. The summed E-state index contributed by atoms with van der Waals surface area (Å²) in [4.78, 5) is 2.53. The number of aliphatic hydroxyl groups is 1. The summed E-state index contributed by atoms with van der Waals surface area (Å²) >= 11 is 0. The molecule has 1 saturated heterocycles. The lowest BCUT2D eigenvalue weighted by molar-refractivity contribution is 0.0936. The first kappa shape index (κ1) is 14.3. The second-order valence-electron chi connectivity index (χ2n) is 6.31. The van der Waals surface area contributed by atoms with E-state index in [1.54, 1.807) is 0 Å². The Morgan fingerprint density at radius 3 is 2.50 bits per heavy atom. The lowest BCUT2D eigenvalue weighted by Crippen LogP contribution is -2.46. The van der Waals surface area contributed by atoms with E-state index in [0.717, 1.165) is 19.1 Å². The Labute approximate surface area is 112 Å². The van der Waals surface area contributed by atoms with Gasteiger partial charge in [0.25, 0.3) is 0 Å². The average Bonchev–Trinajstić information content (AvgIpc) is 3.13. The van der Waals surface area contributed by atoms with Gasteiger partial charge in [0, 0.05) is 25.2 Å². The number of nitrogens with zero attached hydrogens (tertiary/aromatic N) is 1. The van der Waals surface area contributed by atoms with E-state index in [1.165, 1.54) is 45.1 Å². The molecule has 1 unspecified atom stereocenters. The molecule has 0 spiro atoms. The topological polar surface area (TPSA) is 35.5 Å². The van der Waals surface area contributed by atoms with Gasteiger partial charge < -0.3 is 10.4 Å². The van der Waals surface area contributed by atoms with E-state index >= 15 is 0 Å². The van der Waals surface area contributed by atoms with Crippen LogP contribution in [0, 0.1) is 5.41 Å². The van der Waals surface area contributed by atoms with Crippen LogP contribution in [0.4, 0.5) is 0 Å². The fourth-order valence-electron chi connectivity index (χ4n) is 3.17. The highest BCUT2D eigenvalue weighted by Gasteiger charge is 2.34. The number of rotatable bonds is 8. The molecule has 1 aliphatic carbocycles. The number of likely N-dealkylation sites (tertiary alicyclic amines) is 1. The van der Waals surface area contributed by atoms with Crippen molar-refractivity contribution in [1.82, 2.24) is 10.2 Å². The predicted octanol–water partition coefficient (Wildman–Crippen LogP) is 2.00. The SMILES string of the molecule is CCC(CC)(CNC1CC1)CN1CCCC1CO. The van der Waals surface area contributed by atoms with Crippen LogP contribution in [0.15, 0.2) is 0 Å². The lowest BCUT2D eigenvalue weighted by atomic mass is 9.81. The third kappa shape index (κ3) is 3.46. The second-order valence-corrected chi connectivity index (χ2v) is 6.31. The van der Waals surface area contributed by atoms with E-state index < -0.39 is 0 Å². The monoisotopic (exact) mass is 254 g/mol. The van der Waals surface area contributed by atoms with Gasteiger partial charge in [0.2, 0.25) is 0 Å². The first-order valence-electron chi connectivity index (χ1n) is 7.81. The first-order chi connectivity index (χ1) is 8.73. The minimum absolute atomic E-state index is 0.333. The molecule has 2 N–H and O–H groups in total. The van der Waals surface area contributed by atoms with Gasteiger partial charge in [-0.15, -0.1) is 0 Å². The zero-order valence-electron chi connectivity index (χ0n) is 12.1. The van der Waals surface area contributed by atoms with E-state index in [2.05, 4.69) is 24.1 Å². The molecule has 1 atom stereocenters. The summed E-state index contributed by atoms with van der Waals surface area (Å²) in [5.41, 5.74) is 0.403. The Bertz CT molecular complexity index is 249. The molecule has 0 aromatic heterocycles. The first-order valence-corrected chi connectivity index (χ1v) is 7.81. The number of hydrogen-bond acceptors (Lipinski definition) is 3. The third-order valence-electron chi connectivity index (χ3n) is 5.09. The van der Waals surface area contributed by atoms with Crippen molar-refractivity contribution in [3.63, 3.8) is 0 Å². The van der Waals surface area contributed by atoms with Gasteiger partial charge in [0.1, 0.15) is 0 Å². The standard InChI is InChI=1S/C15H30N2O/c1-3-15(4-2,11-16-13-7-8-13)12-17-9-5-6-14(17)10-18/h13-14,16,18H,3-12H2,1-2H3. The molecular weight excluding hydrogens is 224 g/mol. The molecule has 0 amide bonds. The van der Waals surface area contributed by atoms with Gasteiger partial charge in [0.05, 0.1) is 6.61 Å². The quantitative estimate of drug-likeness (QED) is 0.695. The van der Waals surface area contributed by atoms with E-state index in [-0.39, 0.29) is 0 Å². The van der Waals surface area contributed by atoms with Gasteiger partial charge in [-0.05, 0) is 50.5 Å². The molecule has 3 heteroatoms. The Morgan fingerprint density at radius 1 is 1.22 bits per heavy atom. The Hall–Kier alpha value is -0.120. The highest BCUT2D eigenvalue weighted by Crippen LogP contribution is 2.31. The van der Waals surface area contributed by atoms with E-state index in [0.29, 0.717) is 18.1 Å². The molecular formula is C15H30N2O. The van der Waals surface area contributed by atoms with E-state index in [4.69, 9.17) is 0 Å². The minimum atomic E-state index is 0.333. The molecule has 2 fully saturated rings. The van der Waals surface area contributed by atoms with Crippen LogP contribution in [0.25, 0.3) is 0 Å². The fraction of sp³-hybridized carbons (Fsp3) is 1.00. The molecule has 0 radical (unpaired) electrons. The third-order valence-corrected chi connectivity index (χ3v) is 5.09. The zero-order chi connectivity index (χ0) is 13.0. The fourth-order valence-corrected chi connectivity index (χ4v) is 3.17. The van der Waals surface area contributed by atoms with E-state index in [9.17, 15) is 5.11 Å². The molecule has 0 aromatic rings. The van der Waals surface area contributed by atoms with E-state index in [1.807, 2.05) is 0 Å². The number of aliphatic hydroxyl groups excluding tert-OH is 1. The molecule has 1 saturated carbocycles. The Balaban J connectivity index is 1.90. The van der Waals surface area contributed by atoms with Crippen LogP contribution < -0.4 is 5.32 Å². The van der Waals surface area contributed by atoms with Crippen molar-refractivity contribution in [2.24, 2.45) is 5.41 Å². The van der Waals surface area contributed by atoms with Gasteiger partial charge >= 0.3 is 0 Å². The van der Waals surface area contributed by atoms with Crippen LogP contribution in [-0.2, 0) is 0 Å². The average molecular weight is 254 g/mol. The molecule has 1 heterocycles. The highest BCUT2D eigenvalue weighted by atomic mass is 16.3. The summed E-state index contributed by atoms with van der Waals surface area (Å²) in [6, 6.07) is 1.22. The maximum Gasteiger partial charge on any atom is 0.0586 e. The van der Waals surface area contributed by atoms with Gasteiger partial charge in [-0.1, -0.05) is 13.8 Å². The molecule has 2 aliphatic rings. The summed E-state index contributed by atoms with van der Waals surface area (Å²) < 4.78 is 0. The second kappa shape index (κ2) is 6.36. The van der Waals surface area contributed by atoms with Crippen LogP contribution >= 0.6 is 0 Å². The maximum atomic E-state index is 9.45. The van der Waals surface area contributed by atoms with Gasteiger partial charge in [0.15, 0.2) is 0 Å². The molecule has 106 valence electrons. The summed E-state index contributed by atoms with van der Waals surface area (Å²) in [5, 5.41) is 13.2. The van der Waals surface area contributed by atoms with Crippen molar-refractivity contribution < 1.29 is 5.11 Å². The summed E-state index contributed by atoms with van der Waals surface area (Å²) in [5.74, 6) is 0. The van der Waals surface area contributed by atoms with Crippen molar-refractivity contribution in [2.75, 3.05) is 26.2 Å². The van der Waals surface area contributed by atoms with Crippen molar-refractivity contribution in [1.29, 1.82) is 0 Å². The zero-order valence-corrected chi connectivity index (χ0v) is 12.1. The largest absolute Gasteiger partial charge is 0.395 e. The van der Waals surface area contributed by atoms with Crippen molar-refractivity contribution in [3.8, 4) is 0 Å². The van der Waals surface area contributed by atoms with Crippen LogP contribution in [0.1, 0.15) is 52.4 Å².